The Labute approximate surface area is 129 Å². The van der Waals surface area contributed by atoms with Crippen molar-refractivity contribution in [2.45, 2.75) is 6.92 Å². The van der Waals surface area contributed by atoms with E-state index in [1.165, 1.54) is 6.21 Å². The summed E-state index contributed by atoms with van der Waals surface area (Å²) in [5, 5.41) is 3.90. The number of amides is 1. The Morgan fingerprint density at radius 3 is 2.55 bits per heavy atom. The molecular weight excluding hydrogens is 280 g/mol. The van der Waals surface area contributed by atoms with Gasteiger partial charge in [-0.3, -0.25) is 4.79 Å². The maximum atomic E-state index is 11.7. The van der Waals surface area contributed by atoms with E-state index in [0.29, 0.717) is 11.5 Å². The molecule has 2 rings (SSSR count). The number of carbonyl (C=O) groups excluding carboxylic acids is 1. The predicted octanol–water partition coefficient (Wildman–Crippen LogP) is 2.53. The minimum atomic E-state index is -0.325. The largest absolute Gasteiger partial charge is 0.496 e. The fourth-order valence-electron chi connectivity index (χ4n) is 1.84. The quantitative estimate of drug-likeness (QED) is 0.658. The van der Waals surface area contributed by atoms with Gasteiger partial charge in [0.25, 0.3) is 5.91 Å². The summed E-state index contributed by atoms with van der Waals surface area (Å²) in [5.41, 5.74) is 4.18. The number of para-hydroxylation sites is 2. The highest BCUT2D eigenvalue weighted by Gasteiger charge is 2.03. The molecule has 0 bridgehead atoms. The number of hydrogen-bond acceptors (Lipinski definition) is 4. The molecule has 2 aromatic rings. The first-order chi connectivity index (χ1) is 10.7. The van der Waals surface area contributed by atoms with Crippen molar-refractivity contribution in [3.8, 4) is 11.5 Å². The van der Waals surface area contributed by atoms with E-state index in [4.69, 9.17) is 9.47 Å². The van der Waals surface area contributed by atoms with Gasteiger partial charge in [0.05, 0.1) is 13.3 Å². The minimum absolute atomic E-state index is 0.0892. The number of rotatable bonds is 6. The monoisotopic (exact) mass is 298 g/mol. The Balaban J connectivity index is 1.85. The van der Waals surface area contributed by atoms with Crippen molar-refractivity contribution >= 4 is 12.1 Å². The Morgan fingerprint density at radius 2 is 1.82 bits per heavy atom. The molecule has 0 radical (unpaired) electrons. The van der Waals surface area contributed by atoms with Gasteiger partial charge in [-0.1, -0.05) is 30.3 Å². The number of methoxy groups -OCH3 is 1. The average molecular weight is 298 g/mol. The van der Waals surface area contributed by atoms with Gasteiger partial charge in [0.15, 0.2) is 6.61 Å². The second kappa shape index (κ2) is 7.83. The Kier molecular flexibility index (Phi) is 5.54. The second-order valence-electron chi connectivity index (χ2n) is 4.59. The van der Waals surface area contributed by atoms with Crippen LogP contribution in [0.25, 0.3) is 0 Å². The molecule has 0 aliphatic rings. The molecule has 0 aliphatic heterocycles. The predicted molar refractivity (Wildman–Crippen MR) is 85.4 cm³/mol. The van der Waals surface area contributed by atoms with Crippen LogP contribution in [0.1, 0.15) is 11.1 Å². The number of benzene rings is 2. The van der Waals surface area contributed by atoms with Gasteiger partial charge >= 0.3 is 0 Å². The first kappa shape index (κ1) is 15.6. The van der Waals surface area contributed by atoms with Crippen LogP contribution in [0.2, 0.25) is 0 Å². The summed E-state index contributed by atoms with van der Waals surface area (Å²) in [7, 11) is 1.58. The normalized spacial score (nSPS) is 10.5. The van der Waals surface area contributed by atoms with E-state index in [2.05, 4.69) is 10.5 Å². The van der Waals surface area contributed by atoms with Crippen molar-refractivity contribution in [1.29, 1.82) is 0 Å². The van der Waals surface area contributed by atoms with E-state index in [-0.39, 0.29) is 12.5 Å². The van der Waals surface area contributed by atoms with Gasteiger partial charge in [-0.2, -0.15) is 5.10 Å². The number of hydrogen-bond donors (Lipinski definition) is 1. The lowest BCUT2D eigenvalue weighted by atomic mass is 10.2. The van der Waals surface area contributed by atoms with Gasteiger partial charge in [0.2, 0.25) is 0 Å². The topological polar surface area (TPSA) is 59.9 Å². The fraction of sp³-hybridized carbons (Fsp3) is 0.176. The lowest BCUT2D eigenvalue weighted by Gasteiger charge is -2.07. The average Bonchev–Trinajstić information content (AvgIpc) is 2.54. The standard InChI is InChI=1S/C17H18N2O3/c1-13-7-3-5-9-15(13)22-12-17(20)19-18-11-14-8-4-6-10-16(14)21-2/h3-11H,12H2,1-2H3,(H,19,20)/b18-11+. The minimum Gasteiger partial charge on any atom is -0.496 e. The molecule has 0 saturated heterocycles. The van der Waals surface area contributed by atoms with E-state index < -0.39 is 0 Å². The molecule has 1 N–H and O–H groups in total. The van der Waals surface area contributed by atoms with Crippen molar-refractivity contribution in [1.82, 2.24) is 5.43 Å². The first-order valence-electron chi connectivity index (χ1n) is 6.84. The number of nitrogens with one attached hydrogen (secondary N) is 1. The molecule has 114 valence electrons. The molecule has 0 aromatic heterocycles. The molecule has 2 aromatic carbocycles. The SMILES string of the molecule is COc1ccccc1/C=N/NC(=O)COc1ccccc1C. The van der Waals surface area contributed by atoms with Crippen molar-refractivity contribution < 1.29 is 14.3 Å². The summed E-state index contributed by atoms with van der Waals surface area (Å²) in [4.78, 5) is 11.7. The van der Waals surface area contributed by atoms with Crippen molar-refractivity contribution in [2.75, 3.05) is 13.7 Å². The van der Waals surface area contributed by atoms with Gasteiger partial charge in [0, 0.05) is 5.56 Å². The third-order valence-electron chi connectivity index (χ3n) is 2.98. The van der Waals surface area contributed by atoms with E-state index in [1.807, 2.05) is 55.5 Å². The van der Waals surface area contributed by atoms with Crippen LogP contribution >= 0.6 is 0 Å². The van der Waals surface area contributed by atoms with Gasteiger partial charge in [-0.25, -0.2) is 5.43 Å². The van der Waals surface area contributed by atoms with Gasteiger partial charge in [0.1, 0.15) is 11.5 Å². The summed E-state index contributed by atoms with van der Waals surface area (Å²) in [6.07, 6.45) is 1.53. The number of hydrazone groups is 1. The second-order valence-corrected chi connectivity index (χ2v) is 4.59. The fourth-order valence-corrected chi connectivity index (χ4v) is 1.84. The zero-order valence-corrected chi connectivity index (χ0v) is 12.6. The molecular formula is C17H18N2O3. The van der Waals surface area contributed by atoms with Crippen LogP contribution in [0.4, 0.5) is 0 Å². The van der Waals surface area contributed by atoms with E-state index in [9.17, 15) is 4.79 Å². The summed E-state index contributed by atoms with van der Waals surface area (Å²) in [6.45, 7) is 1.83. The van der Waals surface area contributed by atoms with Gasteiger partial charge in [-0.15, -0.1) is 0 Å². The lowest BCUT2D eigenvalue weighted by Crippen LogP contribution is -2.24. The highest BCUT2D eigenvalue weighted by molar-refractivity contribution is 5.85. The van der Waals surface area contributed by atoms with Crippen LogP contribution in [0.5, 0.6) is 11.5 Å². The van der Waals surface area contributed by atoms with Crippen LogP contribution in [0, 0.1) is 6.92 Å². The molecule has 0 heterocycles. The van der Waals surface area contributed by atoms with Crippen molar-refractivity contribution in [3.63, 3.8) is 0 Å². The number of ether oxygens (including phenoxy) is 2. The van der Waals surface area contributed by atoms with Crippen molar-refractivity contribution in [2.24, 2.45) is 5.10 Å². The molecule has 5 nitrogen and oxygen atoms in total. The maximum absolute atomic E-state index is 11.7. The number of aryl methyl sites for hydroxylation is 1. The molecule has 0 unspecified atom stereocenters. The van der Waals surface area contributed by atoms with E-state index in [1.54, 1.807) is 7.11 Å². The molecule has 0 atom stereocenters. The molecule has 0 fully saturated rings. The van der Waals surface area contributed by atoms with Crippen LogP contribution in [0.15, 0.2) is 53.6 Å². The van der Waals surface area contributed by atoms with Gasteiger partial charge in [-0.05, 0) is 30.7 Å². The molecule has 0 spiro atoms. The highest BCUT2D eigenvalue weighted by Crippen LogP contribution is 2.16. The smallest absolute Gasteiger partial charge is 0.277 e. The number of carbonyl (C=O) groups is 1. The molecule has 0 saturated carbocycles. The van der Waals surface area contributed by atoms with Crippen LogP contribution in [-0.2, 0) is 4.79 Å². The first-order valence-corrected chi connectivity index (χ1v) is 6.84. The van der Waals surface area contributed by atoms with Crippen molar-refractivity contribution in [3.05, 3.63) is 59.7 Å². The Morgan fingerprint density at radius 1 is 1.14 bits per heavy atom. The van der Waals surface area contributed by atoms with Crippen LogP contribution in [-0.4, -0.2) is 25.8 Å². The number of nitrogens with zero attached hydrogens (tertiary/aromatic N) is 1. The summed E-state index contributed by atoms with van der Waals surface area (Å²) >= 11 is 0. The molecule has 5 heteroatoms. The third kappa shape index (κ3) is 4.34. The van der Waals surface area contributed by atoms with Gasteiger partial charge < -0.3 is 9.47 Å². The molecule has 22 heavy (non-hydrogen) atoms. The van der Waals surface area contributed by atoms with E-state index in [0.717, 1.165) is 11.1 Å². The maximum Gasteiger partial charge on any atom is 0.277 e. The lowest BCUT2D eigenvalue weighted by molar-refractivity contribution is -0.123. The summed E-state index contributed by atoms with van der Waals surface area (Å²) in [5.74, 6) is 1.05. The molecule has 1 amide bonds. The van der Waals surface area contributed by atoms with Crippen LogP contribution < -0.4 is 14.9 Å². The van der Waals surface area contributed by atoms with Crippen LogP contribution in [0.3, 0.4) is 0 Å². The Hall–Kier alpha value is -2.82. The Bertz CT molecular complexity index is 668. The third-order valence-corrected chi connectivity index (χ3v) is 2.98. The molecule has 0 aliphatic carbocycles. The zero-order chi connectivity index (χ0) is 15.8. The highest BCUT2D eigenvalue weighted by atomic mass is 16.5. The van der Waals surface area contributed by atoms with E-state index >= 15 is 0 Å². The summed E-state index contributed by atoms with van der Waals surface area (Å²) in [6, 6.07) is 14.9. The summed E-state index contributed by atoms with van der Waals surface area (Å²) < 4.78 is 10.6. The zero-order valence-electron chi connectivity index (χ0n) is 12.6.